The Hall–Kier alpha value is -11.8. The summed E-state index contributed by atoms with van der Waals surface area (Å²) in [6.07, 6.45) is 9.57. The van der Waals surface area contributed by atoms with Crippen molar-refractivity contribution in [3.63, 3.8) is 0 Å². The van der Waals surface area contributed by atoms with E-state index in [1.807, 2.05) is 48.5 Å². The van der Waals surface area contributed by atoms with Crippen LogP contribution in [0.1, 0.15) is 262 Å². The number of aliphatic hydroxyl groups excluding tert-OH is 1. The molecule has 0 unspecified atom stereocenters. The van der Waals surface area contributed by atoms with Gasteiger partial charge in [0.25, 0.3) is 35.4 Å². The number of aliphatic hydroxyl groups is 1. The second-order valence-corrected chi connectivity index (χ2v) is 36.2. The number of anilines is 4. The first kappa shape index (κ1) is 102. The van der Waals surface area contributed by atoms with E-state index in [4.69, 9.17) is 59.2 Å². The number of aromatic nitrogens is 6. The van der Waals surface area contributed by atoms with E-state index < -0.39 is 144 Å². The number of aryl methyl sites for hydroxylation is 6. The van der Waals surface area contributed by atoms with Gasteiger partial charge in [-0.15, -0.1) is 0 Å². The Kier molecular flexibility index (Phi) is 36.7. The molecule has 0 saturated carbocycles. The van der Waals surface area contributed by atoms with E-state index >= 15 is 0 Å². The molecule has 0 bridgehead atoms. The third-order valence-corrected chi connectivity index (χ3v) is 19.5. The summed E-state index contributed by atoms with van der Waals surface area (Å²) in [4.78, 5) is 207. The van der Waals surface area contributed by atoms with Crippen LogP contribution >= 0.6 is 0 Å². The third kappa shape index (κ3) is 33.8. The van der Waals surface area contributed by atoms with Gasteiger partial charge in [0.2, 0.25) is 0 Å². The molecule has 5 aliphatic heterocycles. The zero-order chi connectivity index (χ0) is 94.2. The van der Waals surface area contributed by atoms with E-state index in [2.05, 4.69) is 79.2 Å². The van der Waals surface area contributed by atoms with Crippen LogP contribution in [0.4, 0.5) is 37.7 Å². The number of nitrogens with zero attached hydrogens (tertiary/aromatic N) is 11. The van der Waals surface area contributed by atoms with Gasteiger partial charge in [-0.3, -0.25) is 58.0 Å². The van der Waals surface area contributed by atoms with E-state index in [-0.39, 0.29) is 61.7 Å². The Labute approximate surface area is 739 Å². The molecule has 40 heteroatoms. The van der Waals surface area contributed by atoms with Crippen molar-refractivity contribution in [1.29, 1.82) is 0 Å². The minimum absolute atomic E-state index is 0.0157. The smallest absolute Gasteiger partial charge is 0.459 e. The Morgan fingerprint density at radius 2 is 0.764 bits per heavy atom. The first-order valence-electron chi connectivity index (χ1n) is 42.7. The van der Waals surface area contributed by atoms with Crippen LogP contribution in [-0.2, 0) is 126 Å². The maximum absolute atomic E-state index is 13.1. The van der Waals surface area contributed by atoms with E-state index in [1.165, 1.54) is 66.0 Å². The second kappa shape index (κ2) is 45.5. The van der Waals surface area contributed by atoms with Crippen molar-refractivity contribution in [1.82, 2.24) is 50.4 Å². The molecule has 7 amide bonds. The monoisotopic (exact) mass is 1780 g/mol. The lowest BCUT2D eigenvalue weighted by molar-refractivity contribution is -0.198. The van der Waals surface area contributed by atoms with Gasteiger partial charge >= 0.3 is 48.3 Å². The SMILES string of the molecule is CC(C)(C)OC(=O)CO.CC(C)(C)OC(=O)COC(=O)ON1C(=O)CCC1=O.Cc1nc(NC[C@H](N)C(=O)OC(C)(C)C)c(C)c(N2CCC(c3ccc4c(n3)CCCC4)CC2)n1.Cc1nc(NC[C@H](NC(=O)OCC(=O)OC(C)(C)C)C(=O)OC(C)(C)C)c(C)c(N2CCC(c3ccc4c(n3)CCCC4)CC2)n1.O=C(ON1C(=O)CCC1=O)ON1C(=O)CCC1=O. The van der Waals surface area contributed by atoms with Crippen molar-refractivity contribution in [3.05, 3.63) is 80.9 Å². The lowest BCUT2D eigenvalue weighted by Crippen LogP contribution is -2.48. The molecule has 0 spiro atoms. The van der Waals surface area contributed by atoms with Crippen LogP contribution in [0.3, 0.4) is 0 Å². The summed E-state index contributed by atoms with van der Waals surface area (Å²) >= 11 is 0. The van der Waals surface area contributed by atoms with Crippen LogP contribution in [0.2, 0.25) is 0 Å². The number of carbonyl (C=O) groups excluding carboxylic acids is 14. The van der Waals surface area contributed by atoms with Gasteiger partial charge in [0.1, 0.15) is 81.6 Å². The summed E-state index contributed by atoms with van der Waals surface area (Å²) in [7, 11) is 0. The van der Waals surface area contributed by atoms with Crippen LogP contribution in [0.5, 0.6) is 0 Å². The number of pyridine rings is 2. The van der Waals surface area contributed by atoms with Gasteiger partial charge in [-0.05, 0) is 232 Å². The summed E-state index contributed by atoms with van der Waals surface area (Å²) < 4.78 is 35.1. The van der Waals surface area contributed by atoms with Gasteiger partial charge in [0.05, 0.1) is 0 Å². The normalized spacial score (nSPS) is 16.6. The fourth-order valence-electron chi connectivity index (χ4n) is 13.8. The highest BCUT2D eigenvalue weighted by atomic mass is 16.9. The number of carbonyl (C=O) groups is 14. The van der Waals surface area contributed by atoms with Gasteiger partial charge < -0.3 is 69.7 Å². The minimum Gasteiger partial charge on any atom is -0.459 e. The molecular formula is C87H125N15O25. The molecule has 9 heterocycles. The van der Waals surface area contributed by atoms with Crippen molar-refractivity contribution in [2.45, 2.75) is 299 Å². The molecule has 698 valence electrons. The number of hydroxylamine groups is 6. The number of imide groups is 3. The summed E-state index contributed by atoms with van der Waals surface area (Å²) in [6.45, 7) is 35.7. The second-order valence-electron chi connectivity index (χ2n) is 36.2. The van der Waals surface area contributed by atoms with Crippen LogP contribution < -0.4 is 31.5 Å². The summed E-state index contributed by atoms with van der Waals surface area (Å²) in [5.41, 5.74) is 12.5. The zero-order valence-electron chi connectivity index (χ0n) is 76.5. The summed E-state index contributed by atoms with van der Waals surface area (Å²) in [5, 5.41) is 18.0. The van der Waals surface area contributed by atoms with Gasteiger partial charge in [-0.25, -0.2) is 48.7 Å². The first-order valence-corrected chi connectivity index (χ1v) is 42.7. The maximum atomic E-state index is 13.1. The molecule has 2 atom stereocenters. The molecule has 5 saturated heterocycles. The number of nitrogens with two attached hydrogens (primary N) is 1. The molecule has 127 heavy (non-hydrogen) atoms. The largest absolute Gasteiger partial charge is 0.560 e. The summed E-state index contributed by atoms with van der Waals surface area (Å²) in [6, 6.07) is 7.16. The Morgan fingerprint density at radius 1 is 0.425 bits per heavy atom. The Morgan fingerprint density at radius 3 is 1.13 bits per heavy atom. The first-order chi connectivity index (χ1) is 59.3. The summed E-state index contributed by atoms with van der Waals surface area (Å²) in [5.74, 6) is -1.87. The molecule has 0 aromatic carbocycles. The van der Waals surface area contributed by atoms with Crippen molar-refractivity contribution in [2.75, 3.05) is 79.5 Å². The number of rotatable bonds is 21. The molecule has 40 nitrogen and oxygen atoms in total. The van der Waals surface area contributed by atoms with Crippen molar-refractivity contribution in [3.8, 4) is 0 Å². The van der Waals surface area contributed by atoms with Crippen LogP contribution in [0, 0.1) is 27.7 Å². The number of esters is 5. The molecule has 6 N–H and O–H groups in total. The number of alkyl carbamates (subject to hydrolysis) is 1. The van der Waals surface area contributed by atoms with Gasteiger partial charge in [-0.2, -0.15) is 4.79 Å². The molecule has 4 aromatic heterocycles. The molecule has 5 fully saturated rings. The number of fused-ring (bicyclic) bond motifs is 2. The minimum atomic E-state index is -1.48. The average molecular weight is 1780 g/mol. The number of ether oxygens (including phenoxy) is 7. The lowest BCUT2D eigenvalue weighted by Gasteiger charge is -2.34. The van der Waals surface area contributed by atoms with Gasteiger partial charge in [0, 0.05) is 124 Å². The highest BCUT2D eigenvalue weighted by Gasteiger charge is 2.40. The van der Waals surface area contributed by atoms with E-state index in [0.29, 0.717) is 40.2 Å². The predicted molar refractivity (Wildman–Crippen MR) is 456 cm³/mol. The number of amides is 7. The van der Waals surface area contributed by atoms with Gasteiger partial charge in [0.15, 0.2) is 13.2 Å². The van der Waals surface area contributed by atoms with Crippen molar-refractivity contribution < 1.29 is 120 Å². The van der Waals surface area contributed by atoms with Crippen LogP contribution in [0.15, 0.2) is 24.3 Å². The average Bonchev–Trinajstić information content (AvgIpc) is 1.66. The Balaban J connectivity index is 0.000000239. The highest BCUT2D eigenvalue weighted by Crippen LogP contribution is 2.36. The molecule has 4 aromatic rings. The van der Waals surface area contributed by atoms with Crippen LogP contribution in [0.25, 0.3) is 0 Å². The third-order valence-electron chi connectivity index (χ3n) is 19.5. The quantitative estimate of drug-likeness (QED) is 0.0295. The molecule has 0 radical (unpaired) electrons. The van der Waals surface area contributed by atoms with Crippen LogP contribution in [-0.4, -0.2) is 233 Å². The topological polar surface area (TPSA) is 507 Å². The number of piperidine rings is 2. The molecule has 11 rings (SSSR count). The number of hydrogen-bond acceptors (Lipinski definition) is 36. The highest BCUT2D eigenvalue weighted by molar-refractivity contribution is 6.03. The predicted octanol–water partition coefficient (Wildman–Crippen LogP) is 8.91. The zero-order valence-corrected chi connectivity index (χ0v) is 76.5. The van der Waals surface area contributed by atoms with Crippen molar-refractivity contribution in [2.24, 2.45) is 5.73 Å². The molecular weight excluding hydrogens is 1660 g/mol. The maximum Gasteiger partial charge on any atom is 0.560 e. The fraction of sp³-hybridized carbons (Fsp3) is 0.632. The van der Waals surface area contributed by atoms with E-state index in [1.54, 1.807) is 83.1 Å². The van der Waals surface area contributed by atoms with E-state index in [9.17, 15) is 67.1 Å². The standard InChI is InChI=1S/C34H50N6O6.C27H40N6O2.C11H15NO7.C9H8N2O7.C6H12O3/c1-21-29(35-19-27(31(42)46-34(6,7)8)39-32(43)44-20-28(41)45-33(3,4)5)36-22(2)37-30(21)40-17-15-24(16-18-40)26-14-13-23-11-9-10-12-25(23)38-26;1-17-24(29-16-21(28)26(34)35-27(3,4)5)30-18(2)31-25(17)33-14-12-20(13-15-33)23-11-10-19-8-6-7-9-22(19)32-23;1-11(2,3)18-9(15)6-17-10(16)19-12-7(13)4-5-8(12)14;12-5-1-2-6(13)10(5)17-9(16)18-11-7(14)3-4-8(11)15;1-6(2,3)9-5(8)4-7/h13-14,24,27H,9-12,15-20H2,1-8H3,(H,39,43)(H,35,36,37);10-11,20-21H,6-9,12-16,28H2,1-5H3,(H,29,30,31);4-6H2,1-3H3;1-4H2;7H,4H2,1-3H3/t27-;21-;;;/m00.../s1. The Bertz CT molecular complexity index is 4540. The fourth-order valence-corrected chi connectivity index (χ4v) is 13.8. The molecule has 2 aliphatic carbocycles. The van der Waals surface area contributed by atoms with Gasteiger partial charge in [-0.1, -0.05) is 27.3 Å². The van der Waals surface area contributed by atoms with Crippen molar-refractivity contribution >= 4 is 107 Å². The number of hydrogen-bond donors (Lipinski definition) is 5. The lowest BCUT2D eigenvalue weighted by atomic mass is 9.90. The number of nitrogens with one attached hydrogen (secondary N) is 3. The van der Waals surface area contributed by atoms with E-state index in [0.717, 1.165) is 93.9 Å². The molecule has 7 aliphatic rings.